The number of hydrogen-bond acceptors (Lipinski definition) is 14. The monoisotopic (exact) mass is 675 g/mol. The van der Waals surface area contributed by atoms with Crippen LogP contribution in [0.1, 0.15) is 30.4 Å². The highest BCUT2D eigenvalue weighted by Crippen LogP contribution is 2.57. The van der Waals surface area contributed by atoms with Crippen LogP contribution in [0.15, 0.2) is 16.2 Å². The van der Waals surface area contributed by atoms with Crippen molar-refractivity contribution in [1.82, 2.24) is 29.7 Å². The number of halogens is 1. The summed E-state index contributed by atoms with van der Waals surface area (Å²) in [5, 5.41) is 10.0. The lowest BCUT2D eigenvalue weighted by Crippen LogP contribution is -2.53. The van der Waals surface area contributed by atoms with Crippen molar-refractivity contribution >= 4 is 72.8 Å². The van der Waals surface area contributed by atoms with Gasteiger partial charge < -0.3 is 23.2 Å². The number of imidazole rings is 1. The van der Waals surface area contributed by atoms with Crippen LogP contribution in [0, 0.1) is 5.41 Å². The van der Waals surface area contributed by atoms with Gasteiger partial charge in [-0.25, -0.2) is 23.9 Å². The predicted molar refractivity (Wildman–Crippen MR) is 153 cm³/mol. The number of amidine groups is 1. The van der Waals surface area contributed by atoms with Gasteiger partial charge in [0.15, 0.2) is 29.9 Å². The molecule has 230 valence electrons. The molecule has 2 bridgehead atoms. The molecule has 2 fully saturated rings. The Balaban J connectivity index is 1.21. The van der Waals surface area contributed by atoms with Gasteiger partial charge in [0.25, 0.3) is 5.91 Å². The molecular formula is C21H24FN9O8P2S2. The number of carbonyl (C=O) groups excluding carboxylic acids is 1. The average molecular weight is 676 g/mol. The molecule has 4 aliphatic heterocycles. The number of carbonyl (C=O) groups is 1. The van der Waals surface area contributed by atoms with Crippen LogP contribution in [0.2, 0.25) is 0 Å². The fourth-order valence-electron chi connectivity index (χ4n) is 5.04. The van der Waals surface area contributed by atoms with Crippen molar-refractivity contribution in [1.29, 1.82) is 5.41 Å². The molecule has 7 rings (SSSR count). The van der Waals surface area contributed by atoms with E-state index in [4.69, 9.17) is 40.0 Å². The first kappa shape index (κ1) is 29.5. The molecule has 2 aromatic rings. The number of alkyl halides is 1. The number of ether oxygens (including phenoxy) is 1. The third kappa shape index (κ3) is 5.81. The molecule has 1 amide bonds. The Bertz CT molecular complexity index is 1670. The first-order chi connectivity index (χ1) is 20.5. The van der Waals surface area contributed by atoms with E-state index in [1.54, 1.807) is 10.8 Å². The van der Waals surface area contributed by atoms with Crippen molar-refractivity contribution in [3.63, 3.8) is 0 Å². The van der Waals surface area contributed by atoms with E-state index in [1.165, 1.54) is 11.2 Å². The van der Waals surface area contributed by atoms with Gasteiger partial charge in [-0.05, 0) is 24.6 Å². The number of nitrogens with zero attached hydrogens (tertiary/aromatic N) is 7. The van der Waals surface area contributed by atoms with Crippen LogP contribution in [-0.2, 0) is 57.1 Å². The van der Waals surface area contributed by atoms with E-state index >= 15 is 4.39 Å². The summed E-state index contributed by atoms with van der Waals surface area (Å²) in [6.45, 7) is -9.14. The lowest BCUT2D eigenvalue weighted by molar-refractivity contribution is -0.119. The van der Waals surface area contributed by atoms with E-state index < -0.39 is 62.6 Å². The van der Waals surface area contributed by atoms with Gasteiger partial charge in [0.1, 0.15) is 36.0 Å². The highest BCUT2D eigenvalue weighted by Gasteiger charge is 2.54. The second kappa shape index (κ2) is 11.0. The lowest BCUT2D eigenvalue weighted by atomic mass is 10.1. The summed E-state index contributed by atoms with van der Waals surface area (Å²) >= 11 is 9.24. The summed E-state index contributed by atoms with van der Waals surface area (Å²) in [6, 6.07) is -1.11. The van der Waals surface area contributed by atoms with Crippen LogP contribution in [-0.4, -0.2) is 97.2 Å². The molecule has 0 spiro atoms. The molecule has 3 N–H and O–H groups in total. The minimum atomic E-state index is -4.32. The summed E-state index contributed by atoms with van der Waals surface area (Å²) in [7, 11) is 0. The second-order valence-electron chi connectivity index (χ2n) is 10.2. The molecule has 6 heterocycles. The van der Waals surface area contributed by atoms with Gasteiger partial charge in [-0.3, -0.25) is 34.5 Å². The van der Waals surface area contributed by atoms with Crippen LogP contribution in [0.25, 0.3) is 11.2 Å². The third-order valence-corrected chi connectivity index (χ3v) is 10.4. The second-order valence-corrected chi connectivity index (χ2v) is 15.9. The van der Waals surface area contributed by atoms with Crippen molar-refractivity contribution in [3.8, 4) is 0 Å². The van der Waals surface area contributed by atoms with Gasteiger partial charge >= 0.3 is 13.5 Å². The van der Waals surface area contributed by atoms with Gasteiger partial charge in [0, 0.05) is 12.5 Å². The maximum absolute atomic E-state index is 15.9. The van der Waals surface area contributed by atoms with Crippen molar-refractivity contribution in [3.05, 3.63) is 17.8 Å². The molecule has 17 nitrogen and oxygen atoms in total. The number of thiol groups is 1. The number of amides is 1. The van der Waals surface area contributed by atoms with Gasteiger partial charge in [-0.1, -0.05) is 12.2 Å². The SMILES string of the molecule is N=C1N=C2C(N=CN2[C@H]2O[C@@H]3COP(O)(=S)OCCn4c(nc5cnc(C6CC6)nc54)COP(=O)(S)O[C@@H]2[C@@H]3F)C(=O)N1. The summed E-state index contributed by atoms with van der Waals surface area (Å²) < 4.78 is 59.0. The molecule has 3 unspecified atom stereocenters. The zero-order valence-corrected chi connectivity index (χ0v) is 25.4. The lowest BCUT2D eigenvalue weighted by Gasteiger charge is -2.30. The molecule has 7 atom stereocenters. The van der Waals surface area contributed by atoms with E-state index in [-0.39, 0.29) is 37.3 Å². The zero-order chi connectivity index (χ0) is 30.1. The fourth-order valence-corrected chi connectivity index (χ4v) is 7.53. The molecule has 1 aliphatic carbocycles. The number of nitrogens with one attached hydrogen (secondary N) is 2. The van der Waals surface area contributed by atoms with Gasteiger partial charge in [0.05, 0.1) is 25.7 Å². The molecule has 43 heavy (non-hydrogen) atoms. The Labute approximate surface area is 252 Å². The Morgan fingerprint density at radius 1 is 1.26 bits per heavy atom. The van der Waals surface area contributed by atoms with Gasteiger partial charge in [-0.15, -0.1) is 0 Å². The normalized spacial score (nSPS) is 37.0. The highest BCUT2D eigenvalue weighted by molar-refractivity contribution is 8.44. The van der Waals surface area contributed by atoms with E-state index in [2.05, 4.69) is 42.5 Å². The summed E-state index contributed by atoms with van der Waals surface area (Å²) in [4.78, 5) is 45.8. The maximum atomic E-state index is 15.9. The standard InChI is InChI=1S/C21H24FN9O8P2S2/c22-13-11-6-36-40(33,42)35-4-3-30-12(26-10-5-24-16(9-1-2-9)27-17(10)30)7-37-41(34,43)39-15(13)20(38-11)31-8-25-14-18(31)28-21(23)29-19(14)32/h5,8-9,11,13-15,20H,1-4,6-7H2,(H,33,42)(H,34,43)(H2,23,29,32)/t11-,13-,14?,15-,20+,40?,41?/m1/s1. The van der Waals surface area contributed by atoms with E-state index in [9.17, 15) is 14.3 Å². The van der Waals surface area contributed by atoms with Crippen molar-refractivity contribution in [2.75, 3.05) is 13.2 Å². The largest absolute Gasteiger partial charge is 0.387 e. The Kier molecular flexibility index (Phi) is 7.52. The van der Waals surface area contributed by atoms with Crippen molar-refractivity contribution in [2.24, 2.45) is 9.98 Å². The number of rotatable bonds is 2. The quantitative estimate of drug-likeness (QED) is 0.261. The first-order valence-electron chi connectivity index (χ1n) is 13.1. The maximum Gasteiger partial charge on any atom is 0.387 e. The van der Waals surface area contributed by atoms with Crippen LogP contribution in [0.3, 0.4) is 0 Å². The highest BCUT2D eigenvalue weighted by atomic mass is 32.7. The third-order valence-electron chi connectivity index (χ3n) is 7.21. The predicted octanol–water partition coefficient (Wildman–Crippen LogP) is 1.15. The number of fused-ring (bicyclic) bond motifs is 6. The molecule has 0 aromatic carbocycles. The summed E-state index contributed by atoms with van der Waals surface area (Å²) in [6.07, 6.45) is -1.72. The van der Waals surface area contributed by atoms with E-state index in [1.807, 2.05) is 0 Å². The smallest absolute Gasteiger partial charge is 0.346 e. The molecule has 0 radical (unpaired) electrons. The fraction of sp³-hybridized carbons (Fsp3) is 0.571. The van der Waals surface area contributed by atoms with Crippen LogP contribution >= 0.6 is 25.8 Å². The van der Waals surface area contributed by atoms with Gasteiger partial charge in [0.2, 0.25) is 5.96 Å². The van der Waals surface area contributed by atoms with Gasteiger partial charge in [-0.2, -0.15) is 4.99 Å². The van der Waals surface area contributed by atoms with Crippen LogP contribution in [0.5, 0.6) is 0 Å². The molecule has 1 saturated carbocycles. The summed E-state index contributed by atoms with van der Waals surface area (Å²) in [5.41, 5.74) is 0.924. The van der Waals surface area contributed by atoms with Crippen LogP contribution < -0.4 is 5.32 Å². The minimum absolute atomic E-state index is 0.0264. The molecule has 22 heteroatoms. The first-order valence-corrected chi connectivity index (χ1v) is 18.4. The van der Waals surface area contributed by atoms with Crippen LogP contribution in [0.4, 0.5) is 4.39 Å². The number of hydrogen-bond donors (Lipinski definition) is 4. The molecule has 2 aromatic heterocycles. The molecule has 1 saturated heterocycles. The summed E-state index contributed by atoms with van der Waals surface area (Å²) in [5.74, 6) is 0.112. The Morgan fingerprint density at radius 2 is 2.07 bits per heavy atom. The Hall–Kier alpha value is -2.25. The number of aliphatic imine (C=N–C) groups is 2. The topological polar surface area (TPSA) is 208 Å². The zero-order valence-electron chi connectivity index (χ0n) is 21.9. The Morgan fingerprint density at radius 3 is 2.86 bits per heavy atom. The van der Waals surface area contributed by atoms with Crippen molar-refractivity contribution < 1.29 is 41.5 Å². The van der Waals surface area contributed by atoms with E-state index in [0.29, 0.717) is 17.0 Å². The number of guanidine groups is 1. The van der Waals surface area contributed by atoms with E-state index in [0.717, 1.165) is 12.8 Å². The molecule has 5 aliphatic rings. The van der Waals surface area contributed by atoms with Crippen molar-refractivity contribution in [2.45, 2.75) is 62.6 Å². The molecular weight excluding hydrogens is 651 g/mol. The minimum Gasteiger partial charge on any atom is -0.346 e. The average Bonchev–Trinajstić information content (AvgIpc) is 3.53. The number of aromatic nitrogens is 4.